The number of para-hydroxylation sites is 1. The number of rotatable bonds is 4. The molecule has 2 aliphatic rings. The molecule has 2 aliphatic heterocycles. The Morgan fingerprint density at radius 3 is 2.59 bits per heavy atom. The molecule has 1 atom stereocenters. The van der Waals surface area contributed by atoms with E-state index >= 15 is 0 Å². The molecule has 6 heteroatoms. The molecule has 2 fully saturated rings. The van der Waals surface area contributed by atoms with Crippen molar-refractivity contribution in [3.8, 4) is 0 Å². The summed E-state index contributed by atoms with van der Waals surface area (Å²) in [5.74, 6) is 0. The Bertz CT molecular complexity index is 1010. The first-order valence-corrected chi connectivity index (χ1v) is 10.4. The van der Waals surface area contributed by atoms with E-state index in [0.29, 0.717) is 0 Å². The van der Waals surface area contributed by atoms with E-state index in [9.17, 15) is 4.79 Å². The van der Waals surface area contributed by atoms with Crippen LogP contribution < -0.4 is 15.8 Å². The van der Waals surface area contributed by atoms with E-state index in [2.05, 4.69) is 50.8 Å². The molecule has 5 nitrogen and oxygen atoms in total. The maximum absolute atomic E-state index is 13.1. The van der Waals surface area contributed by atoms with Gasteiger partial charge in [-0.3, -0.25) is 9.69 Å². The molecule has 1 unspecified atom stereocenters. The number of thiophene rings is 1. The zero-order chi connectivity index (χ0) is 18.4. The number of fused-ring (bicyclic) bond motifs is 1. The average molecular weight is 381 g/mol. The highest BCUT2D eigenvalue weighted by molar-refractivity contribution is 7.09. The number of aromatic nitrogens is 1. The molecule has 4 heterocycles. The highest BCUT2D eigenvalue weighted by Crippen LogP contribution is 2.35. The van der Waals surface area contributed by atoms with Crippen molar-refractivity contribution < 1.29 is 0 Å². The molecule has 0 aliphatic carbocycles. The quantitative estimate of drug-likeness (QED) is 0.707. The first-order valence-electron chi connectivity index (χ1n) is 9.57. The number of nitrogens with zero attached hydrogens (tertiary/aromatic N) is 3. The van der Waals surface area contributed by atoms with Gasteiger partial charge in [-0.05, 0) is 17.5 Å². The molecule has 140 valence electrons. The summed E-state index contributed by atoms with van der Waals surface area (Å²) in [6.45, 7) is 5.90. The highest BCUT2D eigenvalue weighted by Gasteiger charge is 2.33. The Morgan fingerprint density at radius 1 is 1.11 bits per heavy atom. The van der Waals surface area contributed by atoms with Crippen molar-refractivity contribution in [2.24, 2.45) is 7.05 Å². The van der Waals surface area contributed by atoms with Crippen molar-refractivity contribution in [1.29, 1.82) is 0 Å². The molecule has 1 aromatic carbocycles. The summed E-state index contributed by atoms with van der Waals surface area (Å²) in [6, 6.07) is 12.8. The number of anilines is 1. The maximum Gasteiger partial charge on any atom is 0.257 e. The van der Waals surface area contributed by atoms with E-state index in [1.807, 2.05) is 24.5 Å². The average Bonchev–Trinajstić information content (AvgIpc) is 3.41. The molecule has 0 saturated carbocycles. The number of pyridine rings is 1. The summed E-state index contributed by atoms with van der Waals surface area (Å²) in [5.41, 5.74) is 3.25. The number of aryl methyl sites for hydroxylation is 1. The number of hydrogen-bond acceptors (Lipinski definition) is 5. The lowest BCUT2D eigenvalue weighted by Gasteiger charge is -2.37. The van der Waals surface area contributed by atoms with Crippen LogP contribution in [-0.2, 0) is 13.6 Å². The van der Waals surface area contributed by atoms with Gasteiger partial charge in [0.15, 0.2) is 0 Å². The van der Waals surface area contributed by atoms with Crippen molar-refractivity contribution in [3.63, 3.8) is 0 Å². The summed E-state index contributed by atoms with van der Waals surface area (Å²) in [5, 5.41) is 6.69. The number of benzene rings is 1. The lowest BCUT2D eigenvalue weighted by molar-refractivity contribution is 0.252. The molecule has 0 radical (unpaired) electrons. The molecule has 0 bridgehead atoms. The van der Waals surface area contributed by atoms with Crippen LogP contribution in [0.4, 0.5) is 5.69 Å². The van der Waals surface area contributed by atoms with Crippen LogP contribution >= 0.6 is 11.3 Å². The molecular formula is C21H24N4OS. The van der Waals surface area contributed by atoms with E-state index in [1.54, 1.807) is 4.57 Å². The van der Waals surface area contributed by atoms with Crippen molar-refractivity contribution in [3.05, 3.63) is 62.6 Å². The monoisotopic (exact) mass is 380 g/mol. The van der Waals surface area contributed by atoms with Gasteiger partial charge in [0.25, 0.3) is 5.56 Å². The van der Waals surface area contributed by atoms with E-state index in [4.69, 9.17) is 0 Å². The van der Waals surface area contributed by atoms with Gasteiger partial charge in [0.1, 0.15) is 0 Å². The van der Waals surface area contributed by atoms with Crippen molar-refractivity contribution in [1.82, 2.24) is 14.8 Å². The van der Waals surface area contributed by atoms with Gasteiger partial charge in [-0.1, -0.05) is 24.3 Å². The summed E-state index contributed by atoms with van der Waals surface area (Å²) in [4.78, 5) is 19.5. The molecule has 1 N–H and O–H groups in total. The third-order valence-corrected chi connectivity index (χ3v) is 6.58. The summed E-state index contributed by atoms with van der Waals surface area (Å²) < 4.78 is 1.81. The normalized spacial score (nSPS) is 20.3. The second-order valence-electron chi connectivity index (χ2n) is 7.45. The van der Waals surface area contributed by atoms with Gasteiger partial charge in [0.05, 0.1) is 22.8 Å². The lowest BCUT2D eigenvalue weighted by Crippen LogP contribution is -2.47. The third-order valence-electron chi connectivity index (χ3n) is 5.72. The van der Waals surface area contributed by atoms with E-state index in [0.717, 1.165) is 56.0 Å². The Morgan fingerprint density at radius 2 is 1.89 bits per heavy atom. The Hall–Kier alpha value is -2.15. The van der Waals surface area contributed by atoms with Crippen LogP contribution in [0.15, 0.2) is 46.6 Å². The predicted octanol–water partition coefficient (Wildman–Crippen LogP) is 2.57. The van der Waals surface area contributed by atoms with Crippen LogP contribution in [-0.4, -0.2) is 42.2 Å². The van der Waals surface area contributed by atoms with Gasteiger partial charge >= 0.3 is 0 Å². The first-order chi connectivity index (χ1) is 13.2. The van der Waals surface area contributed by atoms with Crippen molar-refractivity contribution in [2.75, 3.05) is 37.6 Å². The molecule has 0 spiro atoms. The first kappa shape index (κ1) is 17.0. The zero-order valence-corrected chi connectivity index (χ0v) is 16.3. The number of nitrogens with one attached hydrogen (secondary N) is 1. The predicted molar refractivity (Wildman–Crippen MR) is 112 cm³/mol. The summed E-state index contributed by atoms with van der Waals surface area (Å²) >= 11 is 1.83. The van der Waals surface area contributed by atoms with Crippen molar-refractivity contribution in [2.45, 2.75) is 12.6 Å². The molecule has 0 amide bonds. The van der Waals surface area contributed by atoms with Gasteiger partial charge in [0.2, 0.25) is 0 Å². The van der Waals surface area contributed by atoms with E-state index in [-0.39, 0.29) is 11.6 Å². The molecule has 2 aromatic heterocycles. The molecule has 2 saturated heterocycles. The Kier molecular flexibility index (Phi) is 4.27. The standard InChI is InChI=1S/C21H24N4OS/c1-23-18-7-3-2-6-16(18)20(19(21(23)26)17-13-22-17)25-10-8-24(9-11-25)14-15-5-4-12-27-15/h2-7,12,17,22H,8-11,13-14H2,1H3. The van der Waals surface area contributed by atoms with Gasteiger partial charge in [0, 0.05) is 56.6 Å². The number of hydrogen-bond donors (Lipinski definition) is 1. The minimum Gasteiger partial charge on any atom is -0.368 e. The maximum atomic E-state index is 13.1. The van der Waals surface area contributed by atoms with Crippen LogP contribution in [0.2, 0.25) is 0 Å². The SMILES string of the molecule is Cn1c(=O)c(C2CN2)c(N2CCN(Cc3cccs3)CC2)c2ccccc21. The van der Waals surface area contributed by atoms with Crippen LogP contribution in [0.25, 0.3) is 10.9 Å². The molecular weight excluding hydrogens is 356 g/mol. The van der Waals surface area contributed by atoms with Gasteiger partial charge in [-0.15, -0.1) is 11.3 Å². The second-order valence-corrected chi connectivity index (χ2v) is 8.48. The van der Waals surface area contributed by atoms with Crippen molar-refractivity contribution >= 4 is 27.9 Å². The van der Waals surface area contributed by atoms with Gasteiger partial charge in [-0.25, -0.2) is 0 Å². The fourth-order valence-electron chi connectivity index (χ4n) is 4.17. The van der Waals surface area contributed by atoms with E-state index < -0.39 is 0 Å². The van der Waals surface area contributed by atoms with Crippen LogP contribution in [0.5, 0.6) is 0 Å². The third kappa shape index (κ3) is 3.08. The zero-order valence-electron chi connectivity index (χ0n) is 15.5. The lowest BCUT2D eigenvalue weighted by atomic mass is 10.0. The van der Waals surface area contributed by atoms with Crippen LogP contribution in [0.1, 0.15) is 16.5 Å². The Labute approximate surface area is 162 Å². The Balaban J connectivity index is 1.49. The fourth-order valence-corrected chi connectivity index (χ4v) is 4.92. The van der Waals surface area contributed by atoms with Crippen LogP contribution in [0, 0.1) is 0 Å². The second kappa shape index (κ2) is 6.78. The highest BCUT2D eigenvalue weighted by atomic mass is 32.1. The van der Waals surface area contributed by atoms with E-state index in [1.165, 1.54) is 10.3 Å². The summed E-state index contributed by atoms with van der Waals surface area (Å²) in [6.07, 6.45) is 0. The van der Waals surface area contributed by atoms with Gasteiger partial charge < -0.3 is 14.8 Å². The largest absolute Gasteiger partial charge is 0.368 e. The molecule has 5 rings (SSSR count). The minimum absolute atomic E-state index is 0.139. The molecule has 27 heavy (non-hydrogen) atoms. The summed E-state index contributed by atoms with van der Waals surface area (Å²) in [7, 11) is 1.89. The van der Waals surface area contributed by atoms with Crippen LogP contribution in [0.3, 0.4) is 0 Å². The fraction of sp³-hybridized carbons (Fsp3) is 0.381. The molecule has 3 aromatic rings. The number of piperazine rings is 1. The minimum atomic E-state index is 0.139. The van der Waals surface area contributed by atoms with Gasteiger partial charge in [-0.2, -0.15) is 0 Å². The smallest absolute Gasteiger partial charge is 0.257 e. The topological polar surface area (TPSA) is 50.4 Å².